The number of rotatable bonds is 6. The molecule has 2 rings (SSSR count). The Morgan fingerprint density at radius 3 is 2.60 bits per heavy atom. The summed E-state index contributed by atoms with van der Waals surface area (Å²) in [6.45, 7) is 2.92. The standard InChI is InChI=1S/C14H16BrN3O2/c1-3-19-9-13-17-12(16-2)8-14(18-13)20-11-6-4-10(15)5-7-11/h4-8H,3,9H2,1-2H3,(H,16,17,18). The molecule has 0 aliphatic rings. The number of nitrogens with zero attached hydrogens (tertiary/aromatic N) is 2. The van der Waals surface area contributed by atoms with E-state index in [9.17, 15) is 0 Å². The molecule has 106 valence electrons. The van der Waals surface area contributed by atoms with Gasteiger partial charge >= 0.3 is 0 Å². The van der Waals surface area contributed by atoms with Gasteiger partial charge in [-0.25, -0.2) is 4.98 Å². The highest BCUT2D eigenvalue weighted by molar-refractivity contribution is 9.10. The molecule has 0 spiro atoms. The maximum absolute atomic E-state index is 5.73. The lowest BCUT2D eigenvalue weighted by atomic mass is 10.3. The molecule has 0 aliphatic carbocycles. The Balaban J connectivity index is 2.19. The van der Waals surface area contributed by atoms with Crippen molar-refractivity contribution in [2.75, 3.05) is 19.0 Å². The number of benzene rings is 1. The smallest absolute Gasteiger partial charge is 0.224 e. The minimum atomic E-state index is 0.364. The number of nitrogens with one attached hydrogen (secondary N) is 1. The predicted molar refractivity (Wildman–Crippen MR) is 81.1 cm³/mol. The minimum absolute atomic E-state index is 0.364. The zero-order valence-electron chi connectivity index (χ0n) is 11.4. The molecule has 0 atom stereocenters. The van der Waals surface area contributed by atoms with E-state index in [1.54, 1.807) is 13.1 Å². The Morgan fingerprint density at radius 1 is 1.20 bits per heavy atom. The molecule has 1 heterocycles. The Hall–Kier alpha value is -1.66. The van der Waals surface area contributed by atoms with Crippen molar-refractivity contribution in [2.45, 2.75) is 13.5 Å². The molecule has 1 aromatic carbocycles. The van der Waals surface area contributed by atoms with Gasteiger partial charge < -0.3 is 14.8 Å². The second-order valence-corrected chi connectivity index (χ2v) is 4.87. The van der Waals surface area contributed by atoms with Crippen LogP contribution in [0.4, 0.5) is 5.82 Å². The molecule has 1 N–H and O–H groups in total. The summed E-state index contributed by atoms with van der Waals surface area (Å²) < 4.78 is 12.1. The Bertz CT molecular complexity index is 561. The first-order valence-electron chi connectivity index (χ1n) is 6.28. The van der Waals surface area contributed by atoms with Crippen LogP contribution in [0.1, 0.15) is 12.7 Å². The fourth-order valence-electron chi connectivity index (χ4n) is 1.53. The summed E-state index contributed by atoms with van der Waals surface area (Å²) in [5.41, 5.74) is 0. The molecule has 20 heavy (non-hydrogen) atoms. The van der Waals surface area contributed by atoms with Crippen LogP contribution in [-0.2, 0) is 11.3 Å². The first-order chi connectivity index (χ1) is 9.71. The molecule has 0 amide bonds. The van der Waals surface area contributed by atoms with Gasteiger partial charge in [0.15, 0.2) is 5.82 Å². The third-order valence-electron chi connectivity index (χ3n) is 2.48. The largest absolute Gasteiger partial charge is 0.439 e. The van der Waals surface area contributed by atoms with Crippen LogP contribution in [0.25, 0.3) is 0 Å². The first kappa shape index (κ1) is 14.7. The zero-order chi connectivity index (χ0) is 14.4. The zero-order valence-corrected chi connectivity index (χ0v) is 13.0. The molecule has 0 saturated heterocycles. The molecule has 6 heteroatoms. The summed E-state index contributed by atoms with van der Waals surface area (Å²) in [6.07, 6.45) is 0. The summed E-state index contributed by atoms with van der Waals surface area (Å²) in [5.74, 6) is 2.49. The monoisotopic (exact) mass is 337 g/mol. The van der Waals surface area contributed by atoms with Crippen molar-refractivity contribution in [2.24, 2.45) is 0 Å². The molecule has 0 radical (unpaired) electrons. The van der Waals surface area contributed by atoms with Gasteiger partial charge in [0.05, 0.1) is 0 Å². The lowest BCUT2D eigenvalue weighted by Gasteiger charge is -2.09. The van der Waals surface area contributed by atoms with Crippen LogP contribution in [0.2, 0.25) is 0 Å². The van der Waals surface area contributed by atoms with E-state index in [-0.39, 0.29) is 0 Å². The molecule has 0 bridgehead atoms. The molecule has 0 fully saturated rings. The number of halogens is 1. The van der Waals surface area contributed by atoms with Gasteiger partial charge in [-0.05, 0) is 31.2 Å². The fourth-order valence-corrected chi connectivity index (χ4v) is 1.80. The molecule has 2 aromatic rings. The minimum Gasteiger partial charge on any atom is -0.439 e. The van der Waals surface area contributed by atoms with Crippen molar-refractivity contribution in [3.8, 4) is 11.6 Å². The molecule has 0 unspecified atom stereocenters. The van der Waals surface area contributed by atoms with Crippen LogP contribution in [0.3, 0.4) is 0 Å². The SMILES string of the molecule is CCOCc1nc(NC)cc(Oc2ccc(Br)cc2)n1. The lowest BCUT2D eigenvalue weighted by molar-refractivity contribution is 0.128. The van der Waals surface area contributed by atoms with E-state index in [1.165, 1.54) is 0 Å². The average molecular weight is 338 g/mol. The van der Waals surface area contributed by atoms with Crippen molar-refractivity contribution in [3.05, 3.63) is 40.6 Å². The van der Waals surface area contributed by atoms with E-state index < -0.39 is 0 Å². The second-order valence-electron chi connectivity index (χ2n) is 3.95. The van der Waals surface area contributed by atoms with Gasteiger partial charge in [0.25, 0.3) is 0 Å². The van der Waals surface area contributed by atoms with Crippen LogP contribution in [0.5, 0.6) is 11.6 Å². The Labute approximate surface area is 126 Å². The molecular formula is C14H16BrN3O2. The number of aromatic nitrogens is 2. The molecule has 0 saturated carbocycles. The molecule has 5 nitrogen and oxygen atoms in total. The van der Waals surface area contributed by atoms with E-state index in [0.29, 0.717) is 30.7 Å². The van der Waals surface area contributed by atoms with E-state index in [4.69, 9.17) is 9.47 Å². The maximum atomic E-state index is 5.73. The molecule has 0 aliphatic heterocycles. The van der Waals surface area contributed by atoms with Crippen molar-refractivity contribution in [1.29, 1.82) is 0 Å². The van der Waals surface area contributed by atoms with Crippen LogP contribution < -0.4 is 10.1 Å². The predicted octanol–water partition coefficient (Wildman–Crippen LogP) is 3.61. The highest BCUT2D eigenvalue weighted by Gasteiger charge is 2.06. The van der Waals surface area contributed by atoms with E-state index in [2.05, 4.69) is 31.2 Å². The highest BCUT2D eigenvalue weighted by atomic mass is 79.9. The third kappa shape index (κ3) is 4.18. The van der Waals surface area contributed by atoms with Crippen LogP contribution in [0, 0.1) is 0 Å². The van der Waals surface area contributed by atoms with Gasteiger partial charge in [0.2, 0.25) is 5.88 Å². The van der Waals surface area contributed by atoms with Gasteiger partial charge in [-0.2, -0.15) is 4.98 Å². The summed E-state index contributed by atoms with van der Waals surface area (Å²) >= 11 is 3.39. The summed E-state index contributed by atoms with van der Waals surface area (Å²) in [5, 5.41) is 2.98. The quantitative estimate of drug-likeness (QED) is 0.872. The third-order valence-corrected chi connectivity index (χ3v) is 3.01. The van der Waals surface area contributed by atoms with Gasteiger partial charge in [0, 0.05) is 24.2 Å². The van der Waals surface area contributed by atoms with Crippen LogP contribution in [0.15, 0.2) is 34.8 Å². The van der Waals surface area contributed by atoms with Crippen molar-refractivity contribution >= 4 is 21.7 Å². The lowest BCUT2D eigenvalue weighted by Crippen LogP contribution is -2.04. The van der Waals surface area contributed by atoms with Gasteiger partial charge in [-0.1, -0.05) is 15.9 Å². The van der Waals surface area contributed by atoms with Crippen molar-refractivity contribution < 1.29 is 9.47 Å². The van der Waals surface area contributed by atoms with E-state index in [0.717, 1.165) is 10.2 Å². The average Bonchev–Trinajstić information content (AvgIpc) is 2.47. The molecular weight excluding hydrogens is 322 g/mol. The maximum Gasteiger partial charge on any atom is 0.224 e. The van der Waals surface area contributed by atoms with Crippen molar-refractivity contribution in [3.63, 3.8) is 0 Å². The number of hydrogen-bond acceptors (Lipinski definition) is 5. The highest BCUT2D eigenvalue weighted by Crippen LogP contribution is 2.23. The topological polar surface area (TPSA) is 56.3 Å². The van der Waals surface area contributed by atoms with E-state index >= 15 is 0 Å². The number of hydrogen-bond donors (Lipinski definition) is 1. The van der Waals surface area contributed by atoms with Gasteiger partial charge in [-0.15, -0.1) is 0 Å². The Morgan fingerprint density at radius 2 is 1.95 bits per heavy atom. The second kappa shape index (κ2) is 7.21. The first-order valence-corrected chi connectivity index (χ1v) is 7.07. The Kier molecular flexibility index (Phi) is 5.31. The molecule has 1 aromatic heterocycles. The van der Waals surface area contributed by atoms with Crippen LogP contribution >= 0.6 is 15.9 Å². The summed E-state index contributed by atoms with van der Waals surface area (Å²) in [6, 6.07) is 9.31. The van der Waals surface area contributed by atoms with Gasteiger partial charge in [0.1, 0.15) is 18.2 Å². The number of ether oxygens (including phenoxy) is 2. The van der Waals surface area contributed by atoms with Crippen LogP contribution in [-0.4, -0.2) is 23.6 Å². The summed E-state index contributed by atoms with van der Waals surface area (Å²) in [7, 11) is 1.80. The summed E-state index contributed by atoms with van der Waals surface area (Å²) in [4.78, 5) is 8.64. The van der Waals surface area contributed by atoms with Gasteiger partial charge in [-0.3, -0.25) is 0 Å². The number of anilines is 1. The fraction of sp³-hybridized carbons (Fsp3) is 0.286. The normalized spacial score (nSPS) is 10.3. The van der Waals surface area contributed by atoms with E-state index in [1.807, 2.05) is 31.2 Å². The van der Waals surface area contributed by atoms with Crippen molar-refractivity contribution in [1.82, 2.24) is 9.97 Å².